The zero-order chi connectivity index (χ0) is 12.7. The molecule has 0 bridgehead atoms. The summed E-state index contributed by atoms with van der Waals surface area (Å²) >= 11 is 0. The molecule has 1 aromatic rings. The van der Waals surface area contributed by atoms with Gasteiger partial charge in [-0.3, -0.25) is 4.79 Å². The fraction of sp³-hybridized carbons (Fsp3) is 0.533. The van der Waals surface area contributed by atoms with Gasteiger partial charge in [0.2, 0.25) is 0 Å². The first-order valence-electron chi connectivity index (χ1n) is 6.34. The van der Waals surface area contributed by atoms with Crippen molar-refractivity contribution < 1.29 is 9.53 Å². The van der Waals surface area contributed by atoms with Crippen molar-refractivity contribution in [2.24, 2.45) is 11.8 Å². The number of carbonyl (C=O) groups excluding carboxylic acids is 1. The minimum atomic E-state index is -0.0648. The van der Waals surface area contributed by atoms with E-state index in [4.69, 9.17) is 4.74 Å². The molecule has 0 saturated heterocycles. The standard InChI is InChI=1S/C15H22O2/c1-4-14(10-12(2)3)15(16)17-11-13-8-6-5-7-9-13/h5-9,12,14H,4,10-11H2,1-3H3/t14-/m1/s1. The summed E-state index contributed by atoms with van der Waals surface area (Å²) < 4.78 is 5.34. The third-order valence-electron chi connectivity index (χ3n) is 2.81. The minimum absolute atomic E-state index is 0.0405. The minimum Gasteiger partial charge on any atom is -0.461 e. The van der Waals surface area contributed by atoms with Gasteiger partial charge in [-0.25, -0.2) is 0 Å². The molecule has 17 heavy (non-hydrogen) atoms. The highest BCUT2D eigenvalue weighted by molar-refractivity contribution is 5.72. The summed E-state index contributed by atoms with van der Waals surface area (Å²) in [6.45, 7) is 6.69. The smallest absolute Gasteiger partial charge is 0.309 e. The highest BCUT2D eigenvalue weighted by atomic mass is 16.5. The molecule has 0 N–H and O–H groups in total. The van der Waals surface area contributed by atoms with E-state index in [9.17, 15) is 4.79 Å². The largest absolute Gasteiger partial charge is 0.461 e. The Hall–Kier alpha value is -1.31. The van der Waals surface area contributed by atoms with Gasteiger partial charge in [-0.15, -0.1) is 0 Å². The number of esters is 1. The van der Waals surface area contributed by atoms with Crippen LogP contribution in [-0.4, -0.2) is 5.97 Å². The summed E-state index contributed by atoms with van der Waals surface area (Å²) in [7, 11) is 0. The van der Waals surface area contributed by atoms with Crippen LogP contribution in [0.4, 0.5) is 0 Å². The summed E-state index contributed by atoms with van der Waals surface area (Å²) in [6, 6.07) is 9.80. The summed E-state index contributed by atoms with van der Waals surface area (Å²) in [6.07, 6.45) is 1.76. The fourth-order valence-electron chi connectivity index (χ4n) is 1.85. The zero-order valence-electron chi connectivity index (χ0n) is 11.0. The predicted octanol–water partition coefficient (Wildman–Crippen LogP) is 3.80. The molecule has 0 aliphatic heterocycles. The maximum atomic E-state index is 11.9. The van der Waals surface area contributed by atoms with Crippen LogP contribution in [0.3, 0.4) is 0 Å². The molecule has 0 saturated carbocycles. The van der Waals surface area contributed by atoms with Gasteiger partial charge in [-0.1, -0.05) is 51.1 Å². The molecule has 0 aromatic heterocycles. The number of benzene rings is 1. The summed E-state index contributed by atoms with van der Waals surface area (Å²) in [5, 5.41) is 0. The predicted molar refractivity (Wildman–Crippen MR) is 69.5 cm³/mol. The highest BCUT2D eigenvalue weighted by Crippen LogP contribution is 2.17. The van der Waals surface area contributed by atoms with Crippen molar-refractivity contribution in [3.63, 3.8) is 0 Å². The monoisotopic (exact) mass is 234 g/mol. The van der Waals surface area contributed by atoms with E-state index in [2.05, 4.69) is 13.8 Å². The van der Waals surface area contributed by atoms with Crippen LogP contribution in [0.1, 0.15) is 39.2 Å². The van der Waals surface area contributed by atoms with E-state index in [0.29, 0.717) is 12.5 Å². The molecule has 0 amide bonds. The van der Waals surface area contributed by atoms with Crippen LogP contribution in [-0.2, 0) is 16.1 Å². The Balaban J connectivity index is 2.42. The van der Waals surface area contributed by atoms with Crippen LogP contribution in [0.15, 0.2) is 30.3 Å². The average molecular weight is 234 g/mol. The van der Waals surface area contributed by atoms with Crippen LogP contribution in [0.5, 0.6) is 0 Å². The second-order valence-corrected chi connectivity index (χ2v) is 4.83. The van der Waals surface area contributed by atoms with E-state index in [1.54, 1.807) is 0 Å². The number of hydrogen-bond acceptors (Lipinski definition) is 2. The summed E-state index contributed by atoms with van der Waals surface area (Å²) in [5.41, 5.74) is 1.04. The maximum absolute atomic E-state index is 11.9. The van der Waals surface area contributed by atoms with Crippen molar-refractivity contribution in [1.82, 2.24) is 0 Å². The van der Waals surface area contributed by atoms with Gasteiger partial charge in [0.15, 0.2) is 0 Å². The van der Waals surface area contributed by atoms with Crippen LogP contribution < -0.4 is 0 Å². The SMILES string of the molecule is CC[C@H](CC(C)C)C(=O)OCc1ccccc1. The molecule has 0 aliphatic carbocycles. The summed E-state index contributed by atoms with van der Waals surface area (Å²) in [4.78, 5) is 11.9. The van der Waals surface area contributed by atoms with Crippen molar-refractivity contribution in [3.05, 3.63) is 35.9 Å². The molecule has 0 spiro atoms. The van der Waals surface area contributed by atoms with E-state index in [0.717, 1.165) is 18.4 Å². The maximum Gasteiger partial charge on any atom is 0.309 e. The average Bonchev–Trinajstić information content (AvgIpc) is 2.34. The van der Waals surface area contributed by atoms with E-state index >= 15 is 0 Å². The molecule has 0 heterocycles. The Morgan fingerprint density at radius 2 is 1.88 bits per heavy atom. The van der Waals surface area contributed by atoms with Crippen LogP contribution in [0, 0.1) is 11.8 Å². The Morgan fingerprint density at radius 1 is 1.24 bits per heavy atom. The van der Waals surface area contributed by atoms with Gasteiger partial charge in [0.1, 0.15) is 6.61 Å². The van der Waals surface area contributed by atoms with Gasteiger partial charge in [0.25, 0.3) is 0 Å². The normalized spacial score (nSPS) is 12.5. The lowest BCUT2D eigenvalue weighted by Gasteiger charge is -2.16. The van der Waals surface area contributed by atoms with Crippen LogP contribution in [0.2, 0.25) is 0 Å². The van der Waals surface area contributed by atoms with Gasteiger partial charge in [0.05, 0.1) is 5.92 Å². The van der Waals surface area contributed by atoms with Crippen molar-refractivity contribution in [2.75, 3.05) is 0 Å². The molecule has 0 unspecified atom stereocenters. The number of carbonyl (C=O) groups is 1. The first kappa shape index (κ1) is 13.8. The van der Waals surface area contributed by atoms with E-state index < -0.39 is 0 Å². The topological polar surface area (TPSA) is 26.3 Å². The second-order valence-electron chi connectivity index (χ2n) is 4.83. The molecule has 1 aromatic carbocycles. The lowest BCUT2D eigenvalue weighted by atomic mass is 9.95. The molecule has 1 rings (SSSR count). The van der Waals surface area contributed by atoms with Gasteiger partial charge in [-0.2, -0.15) is 0 Å². The molecule has 94 valence electrons. The molecular weight excluding hydrogens is 212 g/mol. The Kier molecular flexibility index (Phi) is 5.75. The lowest BCUT2D eigenvalue weighted by molar-refractivity contribution is -0.150. The first-order valence-corrected chi connectivity index (χ1v) is 6.34. The zero-order valence-corrected chi connectivity index (χ0v) is 11.0. The van der Waals surface area contributed by atoms with Crippen LogP contribution in [0.25, 0.3) is 0 Å². The van der Waals surface area contributed by atoms with Crippen molar-refractivity contribution >= 4 is 5.97 Å². The molecule has 0 aliphatic rings. The highest BCUT2D eigenvalue weighted by Gasteiger charge is 2.19. The van der Waals surface area contributed by atoms with E-state index in [-0.39, 0.29) is 11.9 Å². The fourth-order valence-corrected chi connectivity index (χ4v) is 1.85. The van der Waals surface area contributed by atoms with Gasteiger partial charge in [-0.05, 0) is 24.3 Å². The van der Waals surface area contributed by atoms with Crippen molar-refractivity contribution in [1.29, 1.82) is 0 Å². The van der Waals surface area contributed by atoms with Crippen molar-refractivity contribution in [3.8, 4) is 0 Å². The van der Waals surface area contributed by atoms with E-state index in [1.807, 2.05) is 37.3 Å². The van der Waals surface area contributed by atoms with Crippen LogP contribution >= 0.6 is 0 Å². The molecule has 1 atom stereocenters. The molecule has 0 radical (unpaired) electrons. The summed E-state index contributed by atoms with van der Waals surface area (Å²) in [5.74, 6) is 0.507. The quantitative estimate of drug-likeness (QED) is 0.700. The molecule has 2 nitrogen and oxygen atoms in total. The van der Waals surface area contributed by atoms with Gasteiger partial charge in [0, 0.05) is 0 Å². The number of rotatable bonds is 6. The number of hydrogen-bond donors (Lipinski definition) is 0. The van der Waals surface area contributed by atoms with Gasteiger partial charge >= 0.3 is 5.97 Å². The molecular formula is C15H22O2. The Morgan fingerprint density at radius 3 is 2.41 bits per heavy atom. The Labute approximate surface area is 104 Å². The third-order valence-corrected chi connectivity index (χ3v) is 2.81. The first-order chi connectivity index (χ1) is 8.13. The molecule has 0 fully saturated rings. The molecule has 2 heteroatoms. The third kappa shape index (κ3) is 5.03. The Bertz CT molecular complexity index is 330. The van der Waals surface area contributed by atoms with Gasteiger partial charge < -0.3 is 4.74 Å². The number of ether oxygens (including phenoxy) is 1. The second kappa shape index (κ2) is 7.10. The van der Waals surface area contributed by atoms with E-state index in [1.165, 1.54) is 0 Å². The lowest BCUT2D eigenvalue weighted by Crippen LogP contribution is -2.18. The van der Waals surface area contributed by atoms with Crippen molar-refractivity contribution in [2.45, 2.75) is 40.2 Å².